The molecule has 1 aromatic rings. The largest absolute Gasteiger partial charge is 0.508 e. The van der Waals surface area contributed by atoms with Gasteiger partial charge in [0.1, 0.15) is 30.2 Å². The van der Waals surface area contributed by atoms with Crippen LogP contribution in [0.5, 0.6) is 5.75 Å². The number of benzene rings is 1. The van der Waals surface area contributed by atoms with Crippen LogP contribution in [0.4, 0.5) is 0 Å². The first-order valence-corrected chi connectivity index (χ1v) is 12.6. The second-order valence-electron chi connectivity index (χ2n) is 9.75. The highest BCUT2D eigenvalue weighted by Gasteiger charge is 2.38. The molecule has 1 aliphatic rings. The predicted octanol–water partition coefficient (Wildman–Crippen LogP) is 0.120. The Morgan fingerprint density at radius 1 is 1.05 bits per heavy atom. The van der Waals surface area contributed by atoms with Crippen molar-refractivity contribution in [1.29, 1.82) is 0 Å². The minimum absolute atomic E-state index is 0.0577. The number of aliphatic carboxylic acids is 1. The highest BCUT2D eigenvalue weighted by molar-refractivity contribution is 5.95. The molecule has 0 saturated carbocycles. The van der Waals surface area contributed by atoms with Gasteiger partial charge in [-0.15, -0.1) is 0 Å². The lowest BCUT2D eigenvalue weighted by Crippen LogP contribution is -2.61. The van der Waals surface area contributed by atoms with Crippen LogP contribution in [-0.4, -0.2) is 81.7 Å². The molecule has 0 bridgehead atoms. The summed E-state index contributed by atoms with van der Waals surface area (Å²) < 4.78 is 0. The molecule has 1 aromatic carbocycles. The summed E-state index contributed by atoms with van der Waals surface area (Å²) in [5, 5.41) is 26.2. The average molecular weight is 533 g/mol. The monoisotopic (exact) mass is 532 g/mol. The zero-order valence-corrected chi connectivity index (χ0v) is 21.8. The first kappa shape index (κ1) is 30.3. The van der Waals surface area contributed by atoms with Crippen molar-refractivity contribution in [2.75, 3.05) is 6.54 Å². The van der Waals surface area contributed by atoms with Crippen molar-refractivity contribution < 1.29 is 39.0 Å². The highest BCUT2D eigenvalue weighted by atomic mass is 16.4. The first-order valence-electron chi connectivity index (χ1n) is 12.6. The Kier molecular flexibility index (Phi) is 11.2. The number of piperidine rings is 1. The summed E-state index contributed by atoms with van der Waals surface area (Å²) >= 11 is 0. The van der Waals surface area contributed by atoms with E-state index in [1.807, 2.05) is 0 Å². The fourth-order valence-electron chi connectivity index (χ4n) is 4.34. The Hall–Kier alpha value is -3.96. The van der Waals surface area contributed by atoms with Crippen molar-refractivity contribution in [3.05, 3.63) is 29.8 Å². The van der Waals surface area contributed by atoms with Gasteiger partial charge in [-0.1, -0.05) is 26.0 Å². The molecule has 12 heteroatoms. The van der Waals surface area contributed by atoms with Gasteiger partial charge in [-0.05, 0) is 42.9 Å². The van der Waals surface area contributed by atoms with E-state index < -0.39 is 60.2 Å². The Morgan fingerprint density at radius 3 is 2.26 bits per heavy atom. The first-order chi connectivity index (χ1) is 17.9. The van der Waals surface area contributed by atoms with Crippen LogP contribution in [0.3, 0.4) is 0 Å². The molecule has 208 valence electrons. The zero-order chi connectivity index (χ0) is 28.4. The normalized spacial score (nSPS) is 17.6. The summed E-state index contributed by atoms with van der Waals surface area (Å²) in [5.41, 5.74) is 0.683. The van der Waals surface area contributed by atoms with E-state index in [0.29, 0.717) is 31.1 Å². The number of carbonyl (C=O) groups is 6. The minimum Gasteiger partial charge on any atom is -0.508 e. The number of aromatic hydroxyl groups is 1. The smallest absolute Gasteiger partial charge is 0.305 e. The molecule has 1 saturated heterocycles. The Labute approximate surface area is 221 Å². The fourth-order valence-corrected chi connectivity index (χ4v) is 4.34. The average Bonchev–Trinajstić information content (AvgIpc) is 2.86. The number of amides is 4. The maximum absolute atomic E-state index is 13.6. The van der Waals surface area contributed by atoms with Crippen molar-refractivity contribution in [3.63, 3.8) is 0 Å². The molecule has 12 nitrogen and oxygen atoms in total. The molecule has 2 rings (SSSR count). The molecule has 0 radical (unpaired) electrons. The number of nitrogens with one attached hydrogen (secondary N) is 3. The second-order valence-corrected chi connectivity index (χ2v) is 9.75. The third-order valence-electron chi connectivity index (χ3n) is 6.28. The van der Waals surface area contributed by atoms with Gasteiger partial charge in [-0.3, -0.25) is 24.0 Å². The van der Waals surface area contributed by atoms with Crippen molar-refractivity contribution >= 4 is 35.9 Å². The SMILES string of the molecule is CC(=O)N[C@@H](Cc1ccc(O)cc1)C(=O)N[C@H](C(=O)N1CCCC[C@H]1C(=O)N[C@H](C=O)CC(=O)O)C(C)C. The molecule has 0 unspecified atom stereocenters. The molecule has 0 aliphatic carbocycles. The molecule has 1 heterocycles. The number of carbonyl (C=O) groups excluding carboxylic acids is 5. The summed E-state index contributed by atoms with van der Waals surface area (Å²) in [6.45, 7) is 5.01. The number of phenolic OH excluding ortho intramolecular Hbond substituents is 1. The molecule has 5 N–H and O–H groups in total. The van der Waals surface area contributed by atoms with E-state index in [9.17, 15) is 33.9 Å². The number of carboxylic acids is 1. The van der Waals surface area contributed by atoms with E-state index in [1.54, 1.807) is 26.0 Å². The van der Waals surface area contributed by atoms with Gasteiger partial charge >= 0.3 is 5.97 Å². The number of phenols is 1. The van der Waals surface area contributed by atoms with Crippen LogP contribution >= 0.6 is 0 Å². The molecule has 4 amide bonds. The number of nitrogens with zero attached hydrogens (tertiary/aromatic N) is 1. The molecule has 0 spiro atoms. The Bertz CT molecular complexity index is 1030. The number of aldehydes is 1. The number of hydrogen-bond donors (Lipinski definition) is 5. The summed E-state index contributed by atoms with van der Waals surface area (Å²) in [7, 11) is 0. The van der Waals surface area contributed by atoms with Crippen LogP contribution in [0.1, 0.15) is 52.0 Å². The van der Waals surface area contributed by atoms with Gasteiger partial charge in [0.2, 0.25) is 23.6 Å². The summed E-state index contributed by atoms with van der Waals surface area (Å²) in [5.74, 6) is -3.69. The van der Waals surface area contributed by atoms with Gasteiger partial charge in [0.15, 0.2) is 0 Å². The van der Waals surface area contributed by atoms with Crippen molar-refractivity contribution in [2.45, 2.75) is 77.0 Å². The van der Waals surface area contributed by atoms with E-state index in [0.717, 1.165) is 0 Å². The maximum atomic E-state index is 13.6. The van der Waals surface area contributed by atoms with Gasteiger partial charge in [-0.25, -0.2) is 0 Å². The predicted molar refractivity (Wildman–Crippen MR) is 136 cm³/mol. The van der Waals surface area contributed by atoms with E-state index in [1.165, 1.54) is 24.0 Å². The quantitative estimate of drug-likeness (QED) is 0.235. The van der Waals surface area contributed by atoms with Crippen LogP contribution in [0.2, 0.25) is 0 Å². The summed E-state index contributed by atoms with van der Waals surface area (Å²) in [6, 6.07) is 2.03. The van der Waals surface area contributed by atoms with Crippen LogP contribution < -0.4 is 16.0 Å². The van der Waals surface area contributed by atoms with Gasteiger partial charge in [0.25, 0.3) is 0 Å². The summed E-state index contributed by atoms with van der Waals surface area (Å²) in [4.78, 5) is 75.1. The molecular formula is C26H36N4O8. The number of likely N-dealkylation sites (tertiary alicyclic amines) is 1. The lowest BCUT2D eigenvalue weighted by molar-refractivity contribution is -0.147. The Balaban J connectivity index is 2.20. The maximum Gasteiger partial charge on any atom is 0.305 e. The molecular weight excluding hydrogens is 496 g/mol. The highest BCUT2D eigenvalue weighted by Crippen LogP contribution is 2.21. The standard InChI is InChI=1S/C26H36N4O8/c1-15(2)23(29-24(36)20(27-16(3)32)12-17-7-9-19(33)10-8-17)26(38)30-11-5-4-6-21(30)25(37)28-18(14-31)13-22(34)35/h7-10,14-15,18,20-21,23,33H,4-6,11-13H2,1-3H3,(H,27,32)(H,28,37)(H,29,36)(H,34,35)/t18-,20-,21-,23-/m0/s1. The zero-order valence-electron chi connectivity index (χ0n) is 21.8. The minimum atomic E-state index is -1.25. The van der Waals surface area contributed by atoms with E-state index >= 15 is 0 Å². The molecule has 0 aromatic heterocycles. The molecule has 1 aliphatic heterocycles. The second kappa shape index (κ2) is 14.1. The van der Waals surface area contributed by atoms with Crippen LogP contribution in [0, 0.1) is 5.92 Å². The fraction of sp³-hybridized carbons (Fsp3) is 0.538. The van der Waals surface area contributed by atoms with Crippen molar-refractivity contribution in [3.8, 4) is 5.75 Å². The molecule has 4 atom stereocenters. The van der Waals surface area contributed by atoms with Crippen LogP contribution in [0.25, 0.3) is 0 Å². The van der Waals surface area contributed by atoms with Crippen LogP contribution in [0.15, 0.2) is 24.3 Å². The van der Waals surface area contributed by atoms with Gasteiger partial charge in [0, 0.05) is 19.9 Å². The number of hydrogen-bond acceptors (Lipinski definition) is 7. The molecule has 1 fully saturated rings. The number of rotatable bonds is 12. The third kappa shape index (κ3) is 8.86. The van der Waals surface area contributed by atoms with Gasteiger partial charge < -0.3 is 35.9 Å². The van der Waals surface area contributed by atoms with E-state index in [-0.39, 0.29) is 24.6 Å². The lowest BCUT2D eigenvalue weighted by Gasteiger charge is -2.38. The van der Waals surface area contributed by atoms with E-state index in [2.05, 4.69) is 16.0 Å². The molecule has 38 heavy (non-hydrogen) atoms. The van der Waals surface area contributed by atoms with Crippen molar-refractivity contribution in [1.82, 2.24) is 20.9 Å². The van der Waals surface area contributed by atoms with Gasteiger partial charge in [0.05, 0.1) is 12.5 Å². The van der Waals surface area contributed by atoms with Crippen LogP contribution in [-0.2, 0) is 35.2 Å². The number of carboxylic acid groups (broad SMARTS) is 1. The lowest BCUT2D eigenvalue weighted by atomic mass is 9.96. The van der Waals surface area contributed by atoms with E-state index in [4.69, 9.17) is 5.11 Å². The topological polar surface area (TPSA) is 182 Å². The third-order valence-corrected chi connectivity index (χ3v) is 6.28. The summed E-state index contributed by atoms with van der Waals surface area (Å²) in [6.07, 6.45) is 1.50. The van der Waals surface area contributed by atoms with Gasteiger partial charge in [-0.2, -0.15) is 0 Å². The Morgan fingerprint density at radius 2 is 1.71 bits per heavy atom. The van der Waals surface area contributed by atoms with Crippen molar-refractivity contribution in [2.24, 2.45) is 5.92 Å².